The Kier molecular flexibility index (Phi) is 5.44. The average molecular weight is 280 g/mol. The van der Waals surface area contributed by atoms with Crippen molar-refractivity contribution < 1.29 is 9.53 Å². The van der Waals surface area contributed by atoms with E-state index < -0.39 is 5.60 Å². The van der Waals surface area contributed by atoms with Crippen LogP contribution in [-0.4, -0.2) is 23.6 Å². The number of ether oxygens (including phenoxy) is 1. The maximum Gasteiger partial charge on any atom is 0.223 e. The molecule has 0 saturated carbocycles. The number of carbonyl (C=O) groups excluding carboxylic acids is 1. The molecule has 0 aliphatic rings. The van der Waals surface area contributed by atoms with Gasteiger partial charge in [-0.1, -0.05) is 36.5 Å². The molecule has 1 rings (SSSR count). The van der Waals surface area contributed by atoms with Crippen molar-refractivity contribution in [2.24, 2.45) is 5.73 Å². The molecule has 3 N–H and O–H groups in total. The minimum atomic E-state index is -0.445. The van der Waals surface area contributed by atoms with Crippen molar-refractivity contribution in [1.82, 2.24) is 5.32 Å². The molecule has 0 bridgehead atoms. The zero-order valence-electron chi connectivity index (χ0n) is 11.5. The van der Waals surface area contributed by atoms with Crippen molar-refractivity contribution in [3.8, 4) is 0 Å². The van der Waals surface area contributed by atoms with Gasteiger partial charge in [-0.25, -0.2) is 0 Å². The number of amides is 1. The summed E-state index contributed by atoms with van der Waals surface area (Å²) in [6, 6.07) is 7.50. The molecular formula is C14H20N2O2S. The Morgan fingerprint density at radius 1 is 1.37 bits per heavy atom. The van der Waals surface area contributed by atoms with E-state index in [9.17, 15) is 4.79 Å². The van der Waals surface area contributed by atoms with Gasteiger partial charge in [0.05, 0.1) is 12.0 Å². The number of hydrogen-bond acceptors (Lipinski definition) is 3. The molecule has 1 aromatic carbocycles. The monoisotopic (exact) mass is 280 g/mol. The van der Waals surface area contributed by atoms with Gasteiger partial charge in [-0.15, -0.1) is 0 Å². The van der Waals surface area contributed by atoms with E-state index in [1.165, 1.54) is 0 Å². The van der Waals surface area contributed by atoms with E-state index in [4.69, 9.17) is 22.7 Å². The van der Waals surface area contributed by atoms with Crippen LogP contribution in [0.2, 0.25) is 0 Å². The maximum absolute atomic E-state index is 11.7. The summed E-state index contributed by atoms with van der Waals surface area (Å²) >= 11 is 4.88. The average Bonchev–Trinajstić information content (AvgIpc) is 2.36. The van der Waals surface area contributed by atoms with Crippen LogP contribution in [0, 0.1) is 0 Å². The largest absolute Gasteiger partial charge is 0.389 e. The van der Waals surface area contributed by atoms with Crippen LogP contribution < -0.4 is 11.1 Å². The summed E-state index contributed by atoms with van der Waals surface area (Å²) in [6.45, 7) is 4.24. The minimum absolute atomic E-state index is 0.0368. The smallest absolute Gasteiger partial charge is 0.223 e. The molecule has 0 aliphatic carbocycles. The van der Waals surface area contributed by atoms with Gasteiger partial charge in [0.2, 0.25) is 5.91 Å². The Morgan fingerprint density at radius 3 is 2.42 bits per heavy atom. The third-order valence-corrected chi connectivity index (χ3v) is 3.10. The third-order valence-electron chi connectivity index (χ3n) is 2.87. The number of thiocarbonyl (C=S) groups is 1. The lowest BCUT2D eigenvalue weighted by molar-refractivity contribution is -0.126. The molecule has 0 aromatic heterocycles. The second kappa shape index (κ2) is 6.63. The Balaban J connectivity index is 2.48. The summed E-state index contributed by atoms with van der Waals surface area (Å²) in [4.78, 5) is 12.1. The first kappa shape index (κ1) is 15.6. The van der Waals surface area contributed by atoms with Crippen LogP contribution in [0.3, 0.4) is 0 Å². The normalized spacial score (nSPS) is 11.1. The van der Waals surface area contributed by atoms with Crippen molar-refractivity contribution in [3.63, 3.8) is 0 Å². The van der Waals surface area contributed by atoms with Gasteiger partial charge in [-0.05, 0) is 19.4 Å². The van der Waals surface area contributed by atoms with Crippen molar-refractivity contribution in [2.75, 3.05) is 7.11 Å². The first-order valence-corrected chi connectivity index (χ1v) is 6.45. The fourth-order valence-electron chi connectivity index (χ4n) is 1.51. The molecule has 0 radical (unpaired) electrons. The maximum atomic E-state index is 11.7. The molecule has 0 atom stereocenters. The molecule has 1 amide bonds. The molecule has 0 spiro atoms. The molecule has 0 fully saturated rings. The van der Waals surface area contributed by atoms with Gasteiger partial charge in [-0.3, -0.25) is 4.79 Å². The molecule has 4 nitrogen and oxygen atoms in total. The first-order chi connectivity index (χ1) is 8.84. The van der Waals surface area contributed by atoms with E-state index in [2.05, 4.69) is 5.32 Å². The molecule has 0 unspecified atom stereocenters. The molecule has 1 aromatic rings. The molecule has 0 saturated heterocycles. The van der Waals surface area contributed by atoms with E-state index in [1.807, 2.05) is 38.1 Å². The van der Waals surface area contributed by atoms with Crippen LogP contribution in [0.4, 0.5) is 0 Å². The van der Waals surface area contributed by atoms with Crippen molar-refractivity contribution >= 4 is 23.1 Å². The lowest BCUT2D eigenvalue weighted by Gasteiger charge is -2.21. The lowest BCUT2D eigenvalue weighted by Crippen LogP contribution is -2.33. The highest BCUT2D eigenvalue weighted by molar-refractivity contribution is 7.80. The zero-order valence-corrected chi connectivity index (χ0v) is 12.3. The minimum Gasteiger partial charge on any atom is -0.389 e. The number of rotatable bonds is 6. The van der Waals surface area contributed by atoms with Crippen LogP contribution in [0.5, 0.6) is 0 Å². The van der Waals surface area contributed by atoms with E-state index >= 15 is 0 Å². The summed E-state index contributed by atoms with van der Waals surface area (Å²) in [5, 5.41) is 2.86. The summed E-state index contributed by atoms with van der Waals surface area (Å²) < 4.78 is 5.21. The van der Waals surface area contributed by atoms with E-state index in [1.54, 1.807) is 7.11 Å². The SMILES string of the molecule is COC(C)(C)CC(=O)NCc1ccc(C(N)=S)cc1. The predicted molar refractivity (Wildman–Crippen MR) is 79.9 cm³/mol. The molecule has 5 heteroatoms. The quantitative estimate of drug-likeness (QED) is 0.779. The standard InChI is InChI=1S/C14H20N2O2S/c1-14(2,18-3)8-12(17)16-9-10-4-6-11(7-5-10)13(15)19/h4-7H,8-9H2,1-3H3,(H2,15,19)(H,16,17). The molecule has 19 heavy (non-hydrogen) atoms. The lowest BCUT2D eigenvalue weighted by atomic mass is 10.0. The number of benzene rings is 1. The van der Waals surface area contributed by atoms with Gasteiger partial charge in [-0.2, -0.15) is 0 Å². The van der Waals surface area contributed by atoms with Crippen LogP contribution in [0.15, 0.2) is 24.3 Å². The zero-order chi connectivity index (χ0) is 14.5. The predicted octanol–water partition coefficient (Wildman–Crippen LogP) is 1.75. The third kappa shape index (κ3) is 5.36. The van der Waals surface area contributed by atoms with Crippen molar-refractivity contribution in [2.45, 2.75) is 32.4 Å². The van der Waals surface area contributed by atoms with Gasteiger partial charge in [0.1, 0.15) is 4.99 Å². The van der Waals surface area contributed by atoms with Crippen LogP contribution in [0.25, 0.3) is 0 Å². The summed E-state index contributed by atoms with van der Waals surface area (Å²) in [5.74, 6) is -0.0368. The van der Waals surface area contributed by atoms with Crippen molar-refractivity contribution in [3.05, 3.63) is 35.4 Å². The van der Waals surface area contributed by atoms with Gasteiger partial charge in [0, 0.05) is 19.2 Å². The Hall–Kier alpha value is -1.46. The first-order valence-electron chi connectivity index (χ1n) is 6.04. The highest BCUT2D eigenvalue weighted by Gasteiger charge is 2.20. The van der Waals surface area contributed by atoms with Crippen LogP contribution in [-0.2, 0) is 16.1 Å². The Morgan fingerprint density at radius 2 is 1.95 bits per heavy atom. The topological polar surface area (TPSA) is 64.3 Å². The van der Waals surface area contributed by atoms with Gasteiger partial charge < -0.3 is 15.8 Å². The molecule has 104 valence electrons. The summed E-state index contributed by atoms with van der Waals surface area (Å²) in [7, 11) is 1.60. The van der Waals surface area contributed by atoms with E-state index in [-0.39, 0.29) is 5.91 Å². The molecule has 0 aliphatic heterocycles. The highest BCUT2D eigenvalue weighted by atomic mass is 32.1. The fraction of sp³-hybridized carbons (Fsp3) is 0.429. The number of methoxy groups -OCH3 is 1. The number of hydrogen-bond donors (Lipinski definition) is 2. The van der Waals surface area contributed by atoms with Gasteiger partial charge >= 0.3 is 0 Å². The summed E-state index contributed by atoms with van der Waals surface area (Å²) in [5.41, 5.74) is 6.90. The van der Waals surface area contributed by atoms with Gasteiger partial charge in [0.15, 0.2) is 0 Å². The Bertz CT molecular complexity index is 455. The molecule has 0 heterocycles. The number of carbonyl (C=O) groups is 1. The summed E-state index contributed by atoms with van der Waals surface area (Å²) in [6.07, 6.45) is 0.328. The number of nitrogens with two attached hydrogens (primary N) is 1. The van der Waals surface area contributed by atoms with Crippen LogP contribution in [0.1, 0.15) is 31.4 Å². The fourth-order valence-corrected chi connectivity index (χ4v) is 1.64. The van der Waals surface area contributed by atoms with Crippen LogP contribution >= 0.6 is 12.2 Å². The van der Waals surface area contributed by atoms with Gasteiger partial charge in [0.25, 0.3) is 0 Å². The second-order valence-electron chi connectivity index (χ2n) is 4.98. The Labute approximate surface area is 119 Å². The van der Waals surface area contributed by atoms with Crippen molar-refractivity contribution in [1.29, 1.82) is 0 Å². The molecular weight excluding hydrogens is 260 g/mol. The van der Waals surface area contributed by atoms with E-state index in [0.717, 1.165) is 11.1 Å². The second-order valence-corrected chi connectivity index (χ2v) is 5.42. The van der Waals surface area contributed by atoms with E-state index in [0.29, 0.717) is 18.0 Å². The number of nitrogens with one attached hydrogen (secondary N) is 1. The highest BCUT2D eigenvalue weighted by Crippen LogP contribution is 2.12.